The molecule has 0 aromatic carbocycles. The molecular weight excluding hydrogens is 310 g/mol. The molecule has 0 heterocycles. The average Bonchev–Trinajstić information content (AvgIpc) is 2.52. The first-order valence-corrected chi connectivity index (χ1v) is 10.2. The lowest BCUT2D eigenvalue weighted by Gasteiger charge is -2.38. The summed E-state index contributed by atoms with van der Waals surface area (Å²) in [7, 11) is 1.89. The molecule has 0 aromatic heterocycles. The number of likely N-dealkylation sites (N-methyl/N-ethyl adjacent to an activating group) is 1. The number of rotatable bonds is 7. The van der Waals surface area contributed by atoms with Crippen LogP contribution in [0, 0.1) is 11.8 Å². The van der Waals surface area contributed by atoms with E-state index in [9.17, 15) is 9.59 Å². The molecule has 23 heavy (non-hydrogen) atoms. The van der Waals surface area contributed by atoms with Gasteiger partial charge in [-0.05, 0) is 57.1 Å². The highest BCUT2D eigenvalue weighted by Crippen LogP contribution is 2.32. The number of hydrogen-bond acceptors (Lipinski definition) is 4. The summed E-state index contributed by atoms with van der Waals surface area (Å²) in [5, 5.41) is 3.00. The zero-order valence-corrected chi connectivity index (χ0v) is 15.2. The highest BCUT2D eigenvalue weighted by molar-refractivity contribution is 7.98. The Morgan fingerprint density at radius 3 is 2.39 bits per heavy atom. The van der Waals surface area contributed by atoms with E-state index in [0.29, 0.717) is 6.04 Å². The van der Waals surface area contributed by atoms with Crippen LogP contribution >= 0.6 is 11.8 Å². The van der Waals surface area contributed by atoms with Crippen molar-refractivity contribution in [1.82, 2.24) is 10.2 Å². The van der Waals surface area contributed by atoms with Gasteiger partial charge < -0.3 is 16.0 Å². The fourth-order valence-corrected chi connectivity index (χ4v) is 3.86. The van der Waals surface area contributed by atoms with Crippen LogP contribution in [0.5, 0.6) is 0 Å². The maximum absolute atomic E-state index is 12.5. The Balaban J connectivity index is 1.74. The number of nitrogens with two attached hydrogens (primary N) is 1. The summed E-state index contributed by atoms with van der Waals surface area (Å²) >= 11 is 1.74. The van der Waals surface area contributed by atoms with E-state index in [1.54, 1.807) is 11.8 Å². The third-order valence-corrected chi connectivity index (χ3v) is 6.12. The number of hydrogen-bond donors (Lipinski definition) is 2. The lowest BCUT2D eigenvalue weighted by atomic mass is 9.77. The molecule has 1 atom stereocenters. The third-order valence-electron chi connectivity index (χ3n) is 5.51. The maximum Gasteiger partial charge on any atom is 0.239 e. The summed E-state index contributed by atoms with van der Waals surface area (Å²) in [5.74, 6) is 1.53. The van der Waals surface area contributed by atoms with Crippen molar-refractivity contribution >= 4 is 23.6 Å². The first-order valence-electron chi connectivity index (χ1n) is 8.83. The van der Waals surface area contributed by atoms with Crippen LogP contribution in [-0.2, 0) is 9.59 Å². The van der Waals surface area contributed by atoms with Crippen LogP contribution in [0.1, 0.15) is 44.9 Å². The highest BCUT2D eigenvalue weighted by atomic mass is 32.2. The largest absolute Gasteiger partial charge is 0.355 e. The van der Waals surface area contributed by atoms with E-state index >= 15 is 0 Å². The summed E-state index contributed by atoms with van der Waals surface area (Å²) in [4.78, 5) is 26.4. The van der Waals surface area contributed by atoms with Crippen LogP contribution < -0.4 is 11.1 Å². The second-order valence-electron chi connectivity index (χ2n) is 6.96. The number of nitrogens with one attached hydrogen (secondary N) is 1. The molecule has 2 fully saturated rings. The van der Waals surface area contributed by atoms with Crippen LogP contribution in [0.3, 0.4) is 0 Å². The zero-order chi connectivity index (χ0) is 16.8. The van der Waals surface area contributed by atoms with Crippen LogP contribution in [0.25, 0.3) is 0 Å². The quantitative estimate of drug-likeness (QED) is 0.690. The van der Waals surface area contributed by atoms with Crippen LogP contribution in [-0.4, -0.2) is 54.4 Å². The smallest absolute Gasteiger partial charge is 0.239 e. The summed E-state index contributed by atoms with van der Waals surface area (Å²) < 4.78 is 0. The van der Waals surface area contributed by atoms with Crippen LogP contribution in [0.15, 0.2) is 0 Å². The normalized spacial score (nSPS) is 26.2. The number of nitrogens with zero attached hydrogens (tertiary/aromatic N) is 1. The van der Waals surface area contributed by atoms with Crippen molar-refractivity contribution in [2.24, 2.45) is 17.6 Å². The van der Waals surface area contributed by atoms with Crippen LogP contribution in [0.2, 0.25) is 0 Å². The second-order valence-corrected chi connectivity index (χ2v) is 7.94. The lowest BCUT2D eigenvalue weighted by molar-refractivity contribution is -0.136. The second kappa shape index (κ2) is 8.92. The Kier molecular flexibility index (Phi) is 7.21. The topological polar surface area (TPSA) is 75.4 Å². The SMILES string of the molecule is CSCCNC(=O)C1CCC([C@H](N)C(=O)N(C)C2CCC2)CC1. The molecule has 0 unspecified atom stereocenters. The minimum absolute atomic E-state index is 0.0857. The Bertz CT molecular complexity index is 407. The summed E-state index contributed by atoms with van der Waals surface area (Å²) in [5.41, 5.74) is 6.23. The molecule has 2 amide bonds. The molecular formula is C17H31N3O2S. The van der Waals surface area contributed by atoms with Gasteiger partial charge in [-0.3, -0.25) is 9.59 Å². The minimum atomic E-state index is -0.402. The molecule has 0 saturated heterocycles. The van der Waals surface area contributed by atoms with Gasteiger partial charge >= 0.3 is 0 Å². The van der Waals surface area contributed by atoms with Gasteiger partial charge in [0, 0.05) is 31.3 Å². The average molecular weight is 342 g/mol. The van der Waals surface area contributed by atoms with Gasteiger partial charge in [0.15, 0.2) is 0 Å². The van der Waals surface area contributed by atoms with Gasteiger partial charge in [-0.25, -0.2) is 0 Å². The van der Waals surface area contributed by atoms with E-state index in [1.165, 1.54) is 6.42 Å². The lowest BCUT2D eigenvalue weighted by Crippen LogP contribution is -2.52. The van der Waals surface area contributed by atoms with Crippen molar-refractivity contribution in [2.45, 2.75) is 57.0 Å². The van der Waals surface area contributed by atoms with Crippen molar-refractivity contribution in [3.8, 4) is 0 Å². The molecule has 0 bridgehead atoms. The minimum Gasteiger partial charge on any atom is -0.355 e. The molecule has 0 radical (unpaired) electrons. The Labute approximate surface area is 144 Å². The molecule has 2 aliphatic rings. The summed E-state index contributed by atoms with van der Waals surface area (Å²) in [6, 6.07) is -0.00629. The van der Waals surface area contributed by atoms with E-state index in [2.05, 4.69) is 5.32 Å². The number of thioether (sulfide) groups is 1. The molecule has 0 aromatic rings. The monoisotopic (exact) mass is 341 g/mol. The fraction of sp³-hybridized carbons (Fsp3) is 0.882. The van der Waals surface area contributed by atoms with E-state index < -0.39 is 6.04 Å². The van der Waals surface area contributed by atoms with E-state index in [-0.39, 0.29) is 23.7 Å². The standard InChI is InChI=1S/C17H31N3O2S/c1-20(14-4-3-5-14)17(22)15(18)12-6-8-13(9-7-12)16(21)19-10-11-23-2/h12-15H,3-11,18H2,1-2H3,(H,19,21)/t12?,13?,15-/m0/s1. The van der Waals surface area contributed by atoms with Crippen molar-refractivity contribution in [3.05, 3.63) is 0 Å². The predicted molar refractivity (Wildman–Crippen MR) is 95.2 cm³/mol. The molecule has 0 aliphatic heterocycles. The van der Waals surface area contributed by atoms with E-state index in [0.717, 1.165) is 50.8 Å². The third kappa shape index (κ3) is 4.86. The fourth-order valence-electron chi connectivity index (χ4n) is 3.55. The molecule has 2 saturated carbocycles. The van der Waals surface area contributed by atoms with Crippen molar-refractivity contribution in [3.63, 3.8) is 0 Å². The molecule has 3 N–H and O–H groups in total. The van der Waals surface area contributed by atoms with Gasteiger partial charge in [0.25, 0.3) is 0 Å². The summed E-state index contributed by atoms with van der Waals surface area (Å²) in [6.45, 7) is 0.740. The zero-order valence-electron chi connectivity index (χ0n) is 14.4. The maximum atomic E-state index is 12.5. The highest BCUT2D eigenvalue weighted by Gasteiger charge is 2.35. The first-order chi connectivity index (χ1) is 11.0. The van der Waals surface area contributed by atoms with Gasteiger partial charge in [0.1, 0.15) is 0 Å². The van der Waals surface area contributed by atoms with E-state index in [1.807, 2.05) is 18.2 Å². The molecule has 2 rings (SSSR count). The number of amides is 2. The molecule has 6 heteroatoms. The van der Waals surface area contributed by atoms with Gasteiger partial charge in [0.2, 0.25) is 11.8 Å². The van der Waals surface area contributed by atoms with Crippen LogP contribution in [0.4, 0.5) is 0 Å². The van der Waals surface area contributed by atoms with Crippen molar-refractivity contribution < 1.29 is 9.59 Å². The van der Waals surface area contributed by atoms with Gasteiger partial charge in [-0.2, -0.15) is 11.8 Å². The molecule has 0 spiro atoms. The van der Waals surface area contributed by atoms with Gasteiger partial charge in [-0.1, -0.05) is 0 Å². The molecule has 132 valence electrons. The van der Waals surface area contributed by atoms with Crippen molar-refractivity contribution in [1.29, 1.82) is 0 Å². The predicted octanol–water partition coefficient (Wildman–Crippen LogP) is 1.61. The Morgan fingerprint density at radius 1 is 1.22 bits per heavy atom. The first kappa shape index (κ1) is 18.6. The van der Waals surface area contributed by atoms with Crippen molar-refractivity contribution in [2.75, 3.05) is 25.6 Å². The molecule has 5 nitrogen and oxygen atoms in total. The van der Waals surface area contributed by atoms with Gasteiger partial charge in [0.05, 0.1) is 6.04 Å². The molecule has 2 aliphatic carbocycles. The number of carbonyl (C=O) groups excluding carboxylic acids is 2. The van der Waals surface area contributed by atoms with Gasteiger partial charge in [-0.15, -0.1) is 0 Å². The number of carbonyl (C=O) groups is 2. The Morgan fingerprint density at radius 2 is 1.87 bits per heavy atom. The summed E-state index contributed by atoms with van der Waals surface area (Å²) in [6.07, 6.45) is 8.94. The van der Waals surface area contributed by atoms with E-state index in [4.69, 9.17) is 5.73 Å². The Hall–Kier alpha value is -0.750.